The third-order valence-corrected chi connectivity index (χ3v) is 4.17. The van der Waals surface area contributed by atoms with E-state index >= 15 is 0 Å². The normalized spacial score (nSPS) is 11.9. The lowest BCUT2D eigenvalue weighted by atomic mass is 10.2. The summed E-state index contributed by atoms with van der Waals surface area (Å²) in [5.41, 5.74) is 1.12. The molecule has 0 N–H and O–H groups in total. The number of fused-ring (bicyclic) bond motifs is 1. The molecule has 6 nitrogen and oxygen atoms in total. The standard InChI is InChI=1S/C12H9ClN4O2S/c1-20(18,19)9-4-2-3-8(5-9)12-16-15-11-7-14-6-10(13)17(11)12/h2-7H,1H3. The van der Waals surface area contributed by atoms with Crippen LogP contribution >= 0.6 is 11.6 Å². The molecule has 3 rings (SSSR count). The second kappa shape index (κ2) is 4.53. The van der Waals surface area contributed by atoms with Gasteiger partial charge in [0.1, 0.15) is 5.15 Å². The molecule has 3 aromatic rings. The highest BCUT2D eigenvalue weighted by Gasteiger charge is 2.14. The maximum atomic E-state index is 11.6. The van der Waals surface area contributed by atoms with Gasteiger partial charge >= 0.3 is 0 Å². The van der Waals surface area contributed by atoms with Crippen LogP contribution in [0.1, 0.15) is 0 Å². The molecule has 0 saturated carbocycles. The van der Waals surface area contributed by atoms with Gasteiger partial charge in [0.05, 0.1) is 17.3 Å². The van der Waals surface area contributed by atoms with Crippen molar-refractivity contribution in [2.24, 2.45) is 0 Å². The van der Waals surface area contributed by atoms with E-state index in [9.17, 15) is 8.42 Å². The van der Waals surface area contributed by atoms with Gasteiger partial charge in [-0.15, -0.1) is 10.2 Å². The summed E-state index contributed by atoms with van der Waals surface area (Å²) in [5.74, 6) is 0.470. The first-order chi connectivity index (χ1) is 9.47. The first-order valence-electron chi connectivity index (χ1n) is 5.62. The van der Waals surface area contributed by atoms with Crippen molar-refractivity contribution >= 4 is 27.1 Å². The molecule has 0 fully saturated rings. The van der Waals surface area contributed by atoms with Crippen molar-refractivity contribution < 1.29 is 8.42 Å². The molecule has 0 aliphatic carbocycles. The van der Waals surface area contributed by atoms with E-state index < -0.39 is 9.84 Å². The third-order valence-electron chi connectivity index (χ3n) is 2.79. The first kappa shape index (κ1) is 13.0. The van der Waals surface area contributed by atoms with Gasteiger partial charge in [0, 0.05) is 11.8 Å². The van der Waals surface area contributed by atoms with Crippen molar-refractivity contribution in [1.29, 1.82) is 0 Å². The monoisotopic (exact) mass is 308 g/mol. The fourth-order valence-electron chi connectivity index (χ4n) is 1.87. The molecule has 20 heavy (non-hydrogen) atoms. The lowest BCUT2D eigenvalue weighted by molar-refractivity contribution is 0.602. The Hall–Kier alpha value is -1.99. The van der Waals surface area contributed by atoms with E-state index in [0.29, 0.717) is 22.2 Å². The number of rotatable bonds is 2. The molecule has 2 aromatic heterocycles. The van der Waals surface area contributed by atoms with E-state index in [1.165, 1.54) is 18.5 Å². The van der Waals surface area contributed by atoms with Gasteiger partial charge in [0.25, 0.3) is 0 Å². The zero-order valence-corrected chi connectivity index (χ0v) is 11.9. The quantitative estimate of drug-likeness (QED) is 0.722. The molecular formula is C12H9ClN4O2S. The maximum absolute atomic E-state index is 11.6. The molecule has 0 aliphatic heterocycles. The number of hydrogen-bond donors (Lipinski definition) is 0. The Morgan fingerprint density at radius 2 is 2.00 bits per heavy atom. The summed E-state index contributed by atoms with van der Waals surface area (Å²) in [5, 5.41) is 8.36. The zero-order valence-electron chi connectivity index (χ0n) is 10.4. The molecule has 0 aliphatic rings. The average Bonchev–Trinajstić information content (AvgIpc) is 2.83. The molecule has 0 radical (unpaired) electrons. The largest absolute Gasteiger partial charge is 0.262 e. The molecule has 0 saturated heterocycles. The molecule has 8 heteroatoms. The minimum absolute atomic E-state index is 0.219. The molecule has 0 unspecified atom stereocenters. The lowest BCUT2D eigenvalue weighted by Gasteiger charge is -2.04. The van der Waals surface area contributed by atoms with Gasteiger partial charge in [-0.05, 0) is 12.1 Å². The summed E-state index contributed by atoms with van der Waals surface area (Å²) in [4.78, 5) is 4.14. The molecular weight excluding hydrogens is 300 g/mol. The summed E-state index contributed by atoms with van der Waals surface area (Å²) in [6, 6.07) is 6.48. The Kier molecular flexibility index (Phi) is 2.95. The van der Waals surface area contributed by atoms with Gasteiger partial charge < -0.3 is 0 Å². The second-order valence-electron chi connectivity index (χ2n) is 4.25. The van der Waals surface area contributed by atoms with Crippen molar-refractivity contribution in [3.8, 4) is 11.4 Å². The van der Waals surface area contributed by atoms with Gasteiger partial charge in [-0.2, -0.15) is 0 Å². The third kappa shape index (κ3) is 2.14. The molecule has 0 atom stereocenters. The molecule has 0 spiro atoms. The summed E-state index contributed by atoms with van der Waals surface area (Å²) in [6.07, 6.45) is 4.16. The molecule has 0 bridgehead atoms. The van der Waals surface area contributed by atoms with Crippen LogP contribution in [0.3, 0.4) is 0 Å². The highest BCUT2D eigenvalue weighted by molar-refractivity contribution is 7.90. The van der Waals surface area contributed by atoms with Crippen LogP contribution in [0.4, 0.5) is 0 Å². The van der Waals surface area contributed by atoms with Gasteiger partial charge in [0.2, 0.25) is 0 Å². The van der Waals surface area contributed by atoms with Crippen molar-refractivity contribution in [2.45, 2.75) is 4.90 Å². The van der Waals surface area contributed by atoms with Crippen molar-refractivity contribution in [3.63, 3.8) is 0 Å². The van der Waals surface area contributed by atoms with Crippen LogP contribution in [0, 0.1) is 0 Å². The predicted octanol–water partition coefficient (Wildman–Crippen LogP) is 1.85. The van der Waals surface area contributed by atoms with E-state index in [4.69, 9.17) is 11.6 Å². The van der Waals surface area contributed by atoms with Crippen LogP contribution in [0.2, 0.25) is 5.15 Å². The first-order valence-corrected chi connectivity index (χ1v) is 7.89. The maximum Gasteiger partial charge on any atom is 0.180 e. The van der Waals surface area contributed by atoms with Crippen LogP contribution in [0.15, 0.2) is 41.6 Å². The zero-order chi connectivity index (χ0) is 14.3. The van der Waals surface area contributed by atoms with E-state index in [2.05, 4.69) is 15.2 Å². The second-order valence-corrected chi connectivity index (χ2v) is 6.65. The lowest BCUT2D eigenvalue weighted by Crippen LogP contribution is -1.98. The van der Waals surface area contributed by atoms with Crippen molar-refractivity contribution in [1.82, 2.24) is 19.6 Å². The summed E-state index contributed by atoms with van der Waals surface area (Å²) >= 11 is 6.09. The molecule has 2 heterocycles. The fraction of sp³-hybridized carbons (Fsp3) is 0.0833. The van der Waals surface area contributed by atoms with Crippen LogP contribution in [-0.2, 0) is 9.84 Å². The van der Waals surface area contributed by atoms with Gasteiger partial charge in [-0.1, -0.05) is 23.7 Å². The highest BCUT2D eigenvalue weighted by atomic mass is 35.5. The molecule has 0 amide bonds. The van der Waals surface area contributed by atoms with Crippen LogP contribution in [-0.4, -0.2) is 34.3 Å². The highest BCUT2D eigenvalue weighted by Crippen LogP contribution is 2.23. The van der Waals surface area contributed by atoms with E-state index in [-0.39, 0.29) is 4.90 Å². The minimum Gasteiger partial charge on any atom is -0.262 e. The summed E-state index contributed by atoms with van der Waals surface area (Å²) in [7, 11) is -3.28. The summed E-state index contributed by atoms with van der Waals surface area (Å²) in [6.45, 7) is 0. The van der Waals surface area contributed by atoms with Crippen molar-refractivity contribution in [3.05, 3.63) is 41.8 Å². The number of hydrogen-bond acceptors (Lipinski definition) is 5. The SMILES string of the molecule is CS(=O)(=O)c1cccc(-c2nnc3cncc(Cl)n23)c1. The van der Waals surface area contributed by atoms with Gasteiger partial charge in [0.15, 0.2) is 21.3 Å². The van der Waals surface area contributed by atoms with Crippen LogP contribution in [0.25, 0.3) is 17.0 Å². The van der Waals surface area contributed by atoms with E-state index in [1.54, 1.807) is 22.6 Å². The number of benzene rings is 1. The minimum atomic E-state index is -3.28. The van der Waals surface area contributed by atoms with Gasteiger partial charge in [-0.25, -0.2) is 8.42 Å². The number of nitrogens with zero attached hydrogens (tertiary/aromatic N) is 4. The summed E-state index contributed by atoms with van der Waals surface area (Å²) < 4.78 is 24.8. The Morgan fingerprint density at radius 3 is 2.75 bits per heavy atom. The molecule has 1 aromatic carbocycles. The van der Waals surface area contributed by atoms with Crippen LogP contribution < -0.4 is 0 Å². The fourth-order valence-corrected chi connectivity index (χ4v) is 2.76. The number of sulfone groups is 1. The Morgan fingerprint density at radius 1 is 1.20 bits per heavy atom. The average molecular weight is 309 g/mol. The van der Waals surface area contributed by atoms with Crippen molar-refractivity contribution in [2.75, 3.05) is 6.26 Å². The van der Waals surface area contributed by atoms with Gasteiger partial charge in [-0.3, -0.25) is 9.38 Å². The Bertz CT molecular complexity index is 905. The Balaban J connectivity index is 2.27. The Labute approximate surface area is 120 Å². The van der Waals surface area contributed by atoms with E-state index in [0.717, 1.165) is 6.26 Å². The number of aromatic nitrogens is 4. The molecule has 102 valence electrons. The predicted molar refractivity (Wildman–Crippen MR) is 74.3 cm³/mol. The van der Waals surface area contributed by atoms with Crippen LogP contribution in [0.5, 0.6) is 0 Å². The topological polar surface area (TPSA) is 77.2 Å². The van der Waals surface area contributed by atoms with E-state index in [1.807, 2.05) is 0 Å². The number of halogens is 1. The smallest absolute Gasteiger partial charge is 0.180 e.